The number of hydrogen-bond donors (Lipinski definition) is 2. The van der Waals surface area contributed by atoms with E-state index in [4.69, 9.17) is 5.73 Å². The molecule has 96 valence electrons. The molecule has 17 heavy (non-hydrogen) atoms. The first-order valence-electron chi connectivity index (χ1n) is 6.29. The van der Waals surface area contributed by atoms with E-state index in [9.17, 15) is 5.11 Å². The number of aromatic nitrogens is 2. The molecule has 0 amide bonds. The third-order valence-corrected chi connectivity index (χ3v) is 3.37. The van der Waals surface area contributed by atoms with Crippen molar-refractivity contribution in [2.75, 3.05) is 25.9 Å². The zero-order chi connectivity index (χ0) is 12.3. The number of aryl methyl sites for hydroxylation is 1. The zero-order valence-electron chi connectivity index (χ0n) is 10.4. The van der Waals surface area contributed by atoms with Gasteiger partial charge in [0.15, 0.2) is 0 Å². The van der Waals surface area contributed by atoms with Gasteiger partial charge in [0.1, 0.15) is 5.82 Å². The summed E-state index contributed by atoms with van der Waals surface area (Å²) in [7, 11) is 2.14. The van der Waals surface area contributed by atoms with Crippen molar-refractivity contribution >= 4 is 5.82 Å². The predicted octanol–water partition coefficient (Wildman–Crippen LogP) is 0.558. The maximum Gasteiger partial charge on any atom is 0.145 e. The maximum atomic E-state index is 9.22. The van der Waals surface area contributed by atoms with E-state index in [0.717, 1.165) is 38.9 Å². The molecule has 1 aliphatic rings. The van der Waals surface area contributed by atoms with E-state index in [0.29, 0.717) is 11.7 Å². The fourth-order valence-electron chi connectivity index (χ4n) is 2.39. The van der Waals surface area contributed by atoms with E-state index < -0.39 is 0 Å². The molecule has 2 rings (SSSR count). The molecule has 0 saturated heterocycles. The first-order chi connectivity index (χ1) is 8.13. The van der Waals surface area contributed by atoms with Crippen molar-refractivity contribution in [1.82, 2.24) is 14.7 Å². The minimum atomic E-state index is -0.0413. The normalized spacial score (nSPS) is 23.9. The Kier molecular flexibility index (Phi) is 4.02. The van der Waals surface area contributed by atoms with Gasteiger partial charge in [-0.05, 0) is 44.8 Å². The summed E-state index contributed by atoms with van der Waals surface area (Å²) in [6.45, 7) is 3.07. The van der Waals surface area contributed by atoms with Gasteiger partial charge in [0.25, 0.3) is 0 Å². The average molecular weight is 238 g/mol. The standard InChI is InChI=1S/C12H22N4O/c1-15(9-10-7-11(17)8-10)4-2-5-16-6-3-12(13)14-16/h3,6,10-11,17H,2,4-5,7-9H2,1H3,(H2,13,14). The Morgan fingerprint density at radius 3 is 2.94 bits per heavy atom. The molecule has 1 aromatic rings. The molecule has 1 saturated carbocycles. The van der Waals surface area contributed by atoms with Crippen LogP contribution in [0.4, 0.5) is 5.82 Å². The Labute approximate surface area is 102 Å². The minimum Gasteiger partial charge on any atom is -0.393 e. The van der Waals surface area contributed by atoms with Crippen LogP contribution >= 0.6 is 0 Å². The van der Waals surface area contributed by atoms with Crippen molar-refractivity contribution < 1.29 is 5.11 Å². The molecule has 1 fully saturated rings. The van der Waals surface area contributed by atoms with Crippen molar-refractivity contribution in [2.45, 2.75) is 31.9 Å². The summed E-state index contributed by atoms with van der Waals surface area (Å²) in [5.41, 5.74) is 5.55. The Balaban J connectivity index is 1.58. The van der Waals surface area contributed by atoms with Crippen molar-refractivity contribution in [3.63, 3.8) is 0 Å². The molecule has 0 radical (unpaired) electrons. The van der Waals surface area contributed by atoms with E-state index in [-0.39, 0.29) is 6.10 Å². The lowest BCUT2D eigenvalue weighted by Gasteiger charge is -2.34. The third-order valence-electron chi connectivity index (χ3n) is 3.37. The molecular formula is C12H22N4O. The highest BCUT2D eigenvalue weighted by molar-refractivity contribution is 5.23. The molecule has 0 unspecified atom stereocenters. The number of aliphatic hydroxyl groups is 1. The molecular weight excluding hydrogens is 216 g/mol. The molecule has 1 aliphatic carbocycles. The van der Waals surface area contributed by atoms with E-state index in [1.807, 2.05) is 16.9 Å². The summed E-state index contributed by atoms with van der Waals surface area (Å²) in [6, 6.07) is 1.82. The van der Waals surface area contributed by atoms with Gasteiger partial charge in [-0.15, -0.1) is 0 Å². The number of anilines is 1. The van der Waals surface area contributed by atoms with Gasteiger partial charge in [-0.25, -0.2) is 0 Å². The van der Waals surface area contributed by atoms with Gasteiger partial charge >= 0.3 is 0 Å². The number of aliphatic hydroxyl groups excluding tert-OH is 1. The molecule has 5 heteroatoms. The van der Waals surface area contributed by atoms with Crippen LogP contribution < -0.4 is 5.73 Å². The molecule has 0 bridgehead atoms. The van der Waals surface area contributed by atoms with E-state index in [1.54, 1.807) is 0 Å². The summed E-state index contributed by atoms with van der Waals surface area (Å²) in [5.74, 6) is 1.28. The monoisotopic (exact) mass is 238 g/mol. The maximum absolute atomic E-state index is 9.22. The van der Waals surface area contributed by atoms with Crippen molar-refractivity contribution in [3.05, 3.63) is 12.3 Å². The van der Waals surface area contributed by atoms with E-state index in [2.05, 4.69) is 17.0 Å². The van der Waals surface area contributed by atoms with Crippen molar-refractivity contribution in [3.8, 4) is 0 Å². The first-order valence-corrected chi connectivity index (χ1v) is 6.29. The van der Waals surface area contributed by atoms with Gasteiger partial charge in [-0.2, -0.15) is 5.10 Å². The highest BCUT2D eigenvalue weighted by atomic mass is 16.3. The van der Waals surface area contributed by atoms with Crippen LogP contribution in [0.3, 0.4) is 0 Å². The lowest BCUT2D eigenvalue weighted by molar-refractivity contribution is 0.0281. The van der Waals surface area contributed by atoms with Crippen LogP contribution in [-0.2, 0) is 6.54 Å². The molecule has 1 aromatic heterocycles. The van der Waals surface area contributed by atoms with Crippen LogP contribution in [0.2, 0.25) is 0 Å². The van der Waals surface area contributed by atoms with Crippen LogP contribution in [-0.4, -0.2) is 46.0 Å². The lowest BCUT2D eigenvalue weighted by atomic mass is 9.82. The van der Waals surface area contributed by atoms with Crippen LogP contribution in [0.25, 0.3) is 0 Å². The second-order valence-electron chi connectivity index (χ2n) is 5.11. The number of rotatable bonds is 6. The SMILES string of the molecule is CN(CCCn1ccc(N)n1)CC1CC(O)C1. The van der Waals surface area contributed by atoms with Gasteiger partial charge in [0.05, 0.1) is 6.10 Å². The molecule has 3 N–H and O–H groups in total. The Bertz CT molecular complexity index is 346. The minimum absolute atomic E-state index is 0.0413. The third kappa shape index (κ3) is 3.71. The fourth-order valence-corrected chi connectivity index (χ4v) is 2.39. The van der Waals surface area contributed by atoms with E-state index >= 15 is 0 Å². The largest absolute Gasteiger partial charge is 0.393 e. The summed E-state index contributed by atoms with van der Waals surface area (Å²) in [4.78, 5) is 2.34. The topological polar surface area (TPSA) is 67.3 Å². The zero-order valence-corrected chi connectivity index (χ0v) is 10.4. The highest BCUT2D eigenvalue weighted by Gasteiger charge is 2.27. The Morgan fingerprint density at radius 1 is 1.59 bits per heavy atom. The summed E-state index contributed by atoms with van der Waals surface area (Å²) in [6.07, 6.45) is 4.89. The predicted molar refractivity (Wildman–Crippen MR) is 67.5 cm³/mol. The smallest absolute Gasteiger partial charge is 0.145 e. The number of nitrogens with zero attached hydrogens (tertiary/aromatic N) is 3. The molecule has 0 aromatic carbocycles. The van der Waals surface area contributed by atoms with Crippen LogP contribution in [0.15, 0.2) is 12.3 Å². The van der Waals surface area contributed by atoms with Crippen LogP contribution in [0.5, 0.6) is 0 Å². The average Bonchev–Trinajstić information content (AvgIpc) is 2.62. The molecule has 0 spiro atoms. The first kappa shape index (κ1) is 12.4. The van der Waals surface area contributed by atoms with Crippen LogP contribution in [0, 0.1) is 5.92 Å². The molecule has 0 aliphatic heterocycles. The van der Waals surface area contributed by atoms with Crippen molar-refractivity contribution in [2.24, 2.45) is 5.92 Å². The number of hydrogen-bond acceptors (Lipinski definition) is 4. The van der Waals surface area contributed by atoms with Gasteiger partial charge in [-0.1, -0.05) is 0 Å². The molecule has 5 nitrogen and oxygen atoms in total. The van der Waals surface area contributed by atoms with Gasteiger partial charge in [0, 0.05) is 19.3 Å². The molecule has 1 heterocycles. The summed E-state index contributed by atoms with van der Waals surface area (Å²) in [5, 5.41) is 13.4. The van der Waals surface area contributed by atoms with Gasteiger partial charge in [0.2, 0.25) is 0 Å². The van der Waals surface area contributed by atoms with Gasteiger partial charge in [-0.3, -0.25) is 4.68 Å². The van der Waals surface area contributed by atoms with Crippen molar-refractivity contribution in [1.29, 1.82) is 0 Å². The Morgan fingerprint density at radius 2 is 2.35 bits per heavy atom. The number of nitrogen functional groups attached to an aromatic ring is 1. The van der Waals surface area contributed by atoms with Crippen LogP contribution in [0.1, 0.15) is 19.3 Å². The fraction of sp³-hybridized carbons (Fsp3) is 0.750. The van der Waals surface area contributed by atoms with Gasteiger partial charge < -0.3 is 15.7 Å². The number of nitrogens with two attached hydrogens (primary N) is 1. The second kappa shape index (κ2) is 5.51. The summed E-state index contributed by atoms with van der Waals surface area (Å²) >= 11 is 0. The lowest BCUT2D eigenvalue weighted by Crippen LogP contribution is -2.37. The quantitative estimate of drug-likeness (QED) is 0.760. The Hall–Kier alpha value is -1.07. The van der Waals surface area contributed by atoms with E-state index in [1.165, 1.54) is 0 Å². The highest BCUT2D eigenvalue weighted by Crippen LogP contribution is 2.27. The second-order valence-corrected chi connectivity index (χ2v) is 5.11. The molecule has 0 atom stereocenters. The summed E-state index contributed by atoms with van der Waals surface area (Å²) < 4.78 is 1.89.